The highest BCUT2D eigenvalue weighted by atomic mass is 15.0. The average Bonchev–Trinajstić information content (AvgIpc) is 2.60. The Bertz CT molecular complexity index is 740. The van der Waals surface area contributed by atoms with Crippen molar-refractivity contribution in [3.63, 3.8) is 0 Å². The summed E-state index contributed by atoms with van der Waals surface area (Å²) in [5, 5.41) is 9.00. The van der Waals surface area contributed by atoms with Crippen LogP contribution in [0.1, 0.15) is 18.4 Å². The molecule has 0 aliphatic carbocycles. The van der Waals surface area contributed by atoms with Crippen molar-refractivity contribution >= 4 is 29.8 Å². The molecule has 0 saturated carbocycles. The monoisotopic (exact) mass is 325 g/mol. The van der Waals surface area contributed by atoms with Crippen molar-refractivity contribution in [3.8, 4) is 0 Å². The molecule has 24 heavy (non-hydrogen) atoms. The molecule has 6 N–H and O–H groups in total. The van der Waals surface area contributed by atoms with Crippen LogP contribution in [0, 0.1) is 0 Å². The molecule has 1 aromatic rings. The number of piperidine rings is 1. The molecular weight excluding hydrogens is 298 g/mol. The van der Waals surface area contributed by atoms with Crippen molar-refractivity contribution in [2.75, 3.05) is 25.5 Å². The van der Waals surface area contributed by atoms with Crippen molar-refractivity contribution in [2.24, 2.45) is 16.5 Å². The number of hydrogen-bond acceptors (Lipinski definition) is 5. The zero-order chi connectivity index (χ0) is 17.4. The summed E-state index contributed by atoms with van der Waals surface area (Å²) in [6.45, 7) is 5.86. The zero-order valence-corrected chi connectivity index (χ0v) is 14.3. The van der Waals surface area contributed by atoms with Gasteiger partial charge in [0, 0.05) is 48.2 Å². The summed E-state index contributed by atoms with van der Waals surface area (Å²) in [6.07, 6.45) is 10.9. The van der Waals surface area contributed by atoms with Crippen molar-refractivity contribution < 1.29 is 0 Å². The minimum atomic E-state index is 0.432. The molecule has 0 spiro atoms. The lowest BCUT2D eigenvalue weighted by Crippen LogP contribution is -2.38. The Balaban J connectivity index is 2.55. The van der Waals surface area contributed by atoms with E-state index >= 15 is 0 Å². The fourth-order valence-electron chi connectivity index (χ4n) is 2.95. The van der Waals surface area contributed by atoms with E-state index in [1.807, 2.05) is 12.1 Å². The minimum absolute atomic E-state index is 0.432. The number of rotatable bonds is 5. The molecule has 0 aromatic heterocycles. The van der Waals surface area contributed by atoms with Crippen LogP contribution in [-0.4, -0.2) is 32.4 Å². The molecule has 1 aliphatic rings. The maximum absolute atomic E-state index is 5.91. The third-order valence-electron chi connectivity index (χ3n) is 4.16. The third kappa shape index (κ3) is 4.26. The first-order chi connectivity index (χ1) is 11.7. The van der Waals surface area contributed by atoms with Crippen LogP contribution >= 0.6 is 0 Å². The van der Waals surface area contributed by atoms with Gasteiger partial charge in [-0.25, -0.2) is 0 Å². The number of nitrogens with one attached hydrogen (secondary N) is 2. The van der Waals surface area contributed by atoms with Crippen LogP contribution in [-0.2, 0) is 0 Å². The standard InChI is InChI=1S/C19H27N5/c1-3-4-14-9-15(16(11-20)13-22-2)10-19(18(14)12-21)24-17-5-7-23-8-6-17/h3-4,9-13,17,23-24H,1,5-8,20-21H2,2H3/b14-4-,16-11?,18-12+,22-13?. The highest BCUT2D eigenvalue weighted by Gasteiger charge is 2.14. The lowest BCUT2D eigenvalue weighted by atomic mass is 10.0. The molecule has 0 unspecified atom stereocenters. The van der Waals surface area contributed by atoms with E-state index in [9.17, 15) is 0 Å². The van der Waals surface area contributed by atoms with Crippen LogP contribution in [0.2, 0.25) is 0 Å². The maximum Gasteiger partial charge on any atom is 0.0442 e. The third-order valence-corrected chi connectivity index (χ3v) is 4.16. The summed E-state index contributed by atoms with van der Waals surface area (Å²) in [4.78, 5) is 4.08. The Kier molecular flexibility index (Phi) is 6.63. The summed E-state index contributed by atoms with van der Waals surface area (Å²) in [5.74, 6) is 0. The Hall–Kier alpha value is -2.53. The van der Waals surface area contributed by atoms with Gasteiger partial charge >= 0.3 is 0 Å². The second kappa shape index (κ2) is 8.93. The van der Waals surface area contributed by atoms with Crippen LogP contribution in [0.3, 0.4) is 0 Å². The SMILES string of the molecule is C=C/C=c1/cc(C(C=NC)=CN)cc(NC2CCNCC2)/c1=C/N. The molecule has 0 atom stereocenters. The predicted octanol–water partition coefficient (Wildman–Crippen LogP) is 0.514. The summed E-state index contributed by atoms with van der Waals surface area (Å²) in [5.41, 5.74) is 14.6. The van der Waals surface area contributed by atoms with Crippen LogP contribution in [0.5, 0.6) is 0 Å². The number of hydrogen-bond donors (Lipinski definition) is 4. The van der Waals surface area contributed by atoms with Gasteiger partial charge in [0.1, 0.15) is 0 Å². The smallest absolute Gasteiger partial charge is 0.0442 e. The highest BCUT2D eigenvalue weighted by molar-refractivity contribution is 6.09. The van der Waals surface area contributed by atoms with E-state index in [1.54, 1.807) is 31.7 Å². The molecule has 1 aliphatic heterocycles. The molecule has 2 rings (SSSR count). The second-order valence-electron chi connectivity index (χ2n) is 5.77. The summed E-state index contributed by atoms with van der Waals surface area (Å²) in [6, 6.07) is 4.57. The number of nitrogens with two attached hydrogens (primary N) is 2. The average molecular weight is 325 g/mol. The Morgan fingerprint density at radius 3 is 2.67 bits per heavy atom. The van der Waals surface area contributed by atoms with Crippen LogP contribution in [0.15, 0.2) is 36.0 Å². The summed E-state index contributed by atoms with van der Waals surface area (Å²) < 4.78 is 0. The zero-order valence-electron chi connectivity index (χ0n) is 14.3. The molecule has 0 amide bonds. The Morgan fingerprint density at radius 1 is 1.33 bits per heavy atom. The maximum atomic E-state index is 5.91. The van der Waals surface area contributed by atoms with Gasteiger partial charge in [-0.2, -0.15) is 0 Å². The van der Waals surface area contributed by atoms with Crippen LogP contribution in [0.4, 0.5) is 5.69 Å². The predicted molar refractivity (Wildman–Crippen MR) is 105 cm³/mol. The van der Waals surface area contributed by atoms with Crippen molar-refractivity contribution in [3.05, 3.63) is 47.0 Å². The lowest BCUT2D eigenvalue weighted by molar-refractivity contribution is 0.479. The van der Waals surface area contributed by atoms with Gasteiger partial charge in [0.25, 0.3) is 0 Å². The second-order valence-corrected chi connectivity index (χ2v) is 5.77. The molecular formula is C19H27N5. The van der Waals surface area contributed by atoms with E-state index in [1.165, 1.54) is 0 Å². The van der Waals surface area contributed by atoms with E-state index in [2.05, 4.69) is 28.3 Å². The molecule has 1 fully saturated rings. The number of aliphatic imine (C=N–C) groups is 1. The fraction of sp³-hybridized carbons (Fsp3) is 0.316. The van der Waals surface area contributed by atoms with Gasteiger partial charge in [-0.15, -0.1) is 0 Å². The number of anilines is 1. The summed E-state index contributed by atoms with van der Waals surface area (Å²) in [7, 11) is 1.73. The summed E-state index contributed by atoms with van der Waals surface area (Å²) >= 11 is 0. The normalized spacial score (nSPS) is 18.3. The molecule has 1 saturated heterocycles. The molecule has 1 aromatic carbocycles. The topological polar surface area (TPSA) is 88.5 Å². The van der Waals surface area contributed by atoms with Crippen LogP contribution < -0.4 is 32.5 Å². The van der Waals surface area contributed by atoms with Gasteiger partial charge in [0.15, 0.2) is 0 Å². The van der Waals surface area contributed by atoms with Gasteiger partial charge < -0.3 is 22.1 Å². The number of allylic oxidation sites excluding steroid dienone is 2. The molecule has 5 nitrogen and oxygen atoms in total. The van der Waals surface area contributed by atoms with Crippen molar-refractivity contribution in [2.45, 2.75) is 18.9 Å². The number of nitrogens with zero attached hydrogens (tertiary/aromatic N) is 1. The van der Waals surface area contributed by atoms with E-state index in [-0.39, 0.29) is 0 Å². The van der Waals surface area contributed by atoms with E-state index in [0.717, 1.165) is 53.2 Å². The first-order valence-electron chi connectivity index (χ1n) is 8.24. The Labute approximate surface area is 143 Å². The molecule has 5 heteroatoms. The quantitative estimate of drug-likeness (QED) is 0.594. The van der Waals surface area contributed by atoms with Gasteiger partial charge in [-0.3, -0.25) is 4.99 Å². The minimum Gasteiger partial charge on any atom is -0.404 e. The highest BCUT2D eigenvalue weighted by Crippen LogP contribution is 2.15. The molecule has 0 radical (unpaired) electrons. The van der Waals surface area contributed by atoms with Gasteiger partial charge in [0.05, 0.1) is 0 Å². The van der Waals surface area contributed by atoms with E-state index < -0.39 is 0 Å². The Morgan fingerprint density at radius 2 is 2.08 bits per heavy atom. The first-order valence-corrected chi connectivity index (χ1v) is 8.24. The first kappa shape index (κ1) is 17.8. The van der Waals surface area contributed by atoms with Crippen molar-refractivity contribution in [1.29, 1.82) is 0 Å². The van der Waals surface area contributed by atoms with Crippen molar-refractivity contribution in [1.82, 2.24) is 5.32 Å². The van der Waals surface area contributed by atoms with Crippen LogP contribution in [0.25, 0.3) is 17.8 Å². The number of benzene rings is 1. The van der Waals surface area contributed by atoms with Gasteiger partial charge in [-0.05, 0) is 48.8 Å². The van der Waals surface area contributed by atoms with E-state index in [4.69, 9.17) is 11.5 Å². The molecule has 0 bridgehead atoms. The largest absolute Gasteiger partial charge is 0.404 e. The lowest BCUT2D eigenvalue weighted by Gasteiger charge is -2.25. The van der Waals surface area contributed by atoms with Gasteiger partial charge in [-0.1, -0.05) is 18.7 Å². The molecule has 128 valence electrons. The van der Waals surface area contributed by atoms with Gasteiger partial charge in [0.2, 0.25) is 0 Å². The van der Waals surface area contributed by atoms with E-state index in [0.29, 0.717) is 6.04 Å². The fourth-order valence-corrected chi connectivity index (χ4v) is 2.95. The molecule has 1 heterocycles.